The molecule has 4 rings (SSSR count). The second-order valence-electron chi connectivity index (χ2n) is 7.55. The maximum Gasteiger partial charge on any atom is 0.219 e. The number of nitrogens with zero attached hydrogens (tertiary/aromatic N) is 2. The van der Waals surface area contributed by atoms with E-state index >= 15 is 0 Å². The minimum absolute atomic E-state index is 0.130. The molecule has 1 aliphatic heterocycles. The van der Waals surface area contributed by atoms with Gasteiger partial charge in [0.2, 0.25) is 5.91 Å². The van der Waals surface area contributed by atoms with Crippen molar-refractivity contribution >= 4 is 34.0 Å². The van der Waals surface area contributed by atoms with Crippen molar-refractivity contribution in [2.45, 2.75) is 19.4 Å². The molecule has 1 aliphatic rings. The molecule has 3 N–H and O–H groups in total. The zero-order chi connectivity index (χ0) is 23.5. The standard InChI is InChI=1S/C24H27N5O4/c1-5-20(30)26-13-19-22(31)21(23-27-17-8-6-7-9-18(17)28-23)24(25-2)29(19)14-10-15(32-3)12-16(11-14)33-4/h6-12,19,25H,5,13H2,1-4H3,(H,26,30)(H,27,28). The van der Waals surface area contributed by atoms with Crippen LogP contribution in [0.15, 0.2) is 48.3 Å². The van der Waals surface area contributed by atoms with Crippen LogP contribution in [-0.4, -0.2) is 55.5 Å². The molecule has 0 fully saturated rings. The second kappa shape index (κ2) is 9.23. The maximum absolute atomic E-state index is 13.7. The van der Waals surface area contributed by atoms with E-state index in [4.69, 9.17) is 9.47 Å². The van der Waals surface area contributed by atoms with Crippen molar-refractivity contribution < 1.29 is 19.1 Å². The number of nitrogens with one attached hydrogen (secondary N) is 3. The first-order valence-electron chi connectivity index (χ1n) is 10.7. The molecule has 9 heteroatoms. The number of carbonyl (C=O) groups is 2. The molecule has 1 amide bonds. The quantitative estimate of drug-likeness (QED) is 0.485. The first kappa shape index (κ1) is 22.2. The molecule has 0 saturated carbocycles. The average molecular weight is 450 g/mol. The SMILES string of the molecule is CCC(=O)NCC1C(=O)C(c2nc3ccccc3[nH]2)=C(NC)N1c1cc(OC)cc(OC)c1. The van der Waals surface area contributed by atoms with Gasteiger partial charge in [-0.25, -0.2) is 4.98 Å². The van der Waals surface area contributed by atoms with Gasteiger partial charge in [-0.1, -0.05) is 19.1 Å². The molecule has 9 nitrogen and oxygen atoms in total. The summed E-state index contributed by atoms with van der Waals surface area (Å²) in [6.45, 7) is 1.91. The predicted octanol–water partition coefficient (Wildman–Crippen LogP) is 2.45. The van der Waals surface area contributed by atoms with E-state index in [0.29, 0.717) is 40.8 Å². The second-order valence-corrected chi connectivity index (χ2v) is 7.55. The minimum atomic E-state index is -0.678. The Morgan fingerprint density at radius 2 is 1.85 bits per heavy atom. The average Bonchev–Trinajstić information content (AvgIpc) is 3.39. The number of carbonyl (C=O) groups excluding carboxylic acids is 2. The number of ketones is 1. The van der Waals surface area contributed by atoms with Crippen molar-refractivity contribution in [1.29, 1.82) is 0 Å². The molecule has 3 aromatic rings. The number of anilines is 1. The van der Waals surface area contributed by atoms with Crippen molar-refractivity contribution in [2.24, 2.45) is 0 Å². The van der Waals surface area contributed by atoms with E-state index in [-0.39, 0.29) is 18.2 Å². The Morgan fingerprint density at radius 3 is 2.45 bits per heavy atom. The number of Topliss-reactive ketones (excluding diaryl/α,β-unsaturated/α-hetero) is 1. The largest absolute Gasteiger partial charge is 0.497 e. The van der Waals surface area contributed by atoms with E-state index in [1.807, 2.05) is 41.3 Å². The van der Waals surface area contributed by atoms with Gasteiger partial charge in [0.1, 0.15) is 34.8 Å². The van der Waals surface area contributed by atoms with Crippen LogP contribution in [-0.2, 0) is 9.59 Å². The molecule has 0 saturated heterocycles. The highest BCUT2D eigenvalue weighted by Crippen LogP contribution is 2.38. The van der Waals surface area contributed by atoms with Crippen LogP contribution in [0.3, 0.4) is 0 Å². The summed E-state index contributed by atoms with van der Waals surface area (Å²) in [6, 6.07) is 12.3. The number of amides is 1. The van der Waals surface area contributed by atoms with Gasteiger partial charge in [0, 0.05) is 38.2 Å². The summed E-state index contributed by atoms with van der Waals surface area (Å²) >= 11 is 0. The number of imidazole rings is 1. The van der Waals surface area contributed by atoms with Crippen LogP contribution in [0.4, 0.5) is 5.69 Å². The molecule has 0 aliphatic carbocycles. The molecule has 2 aromatic carbocycles. The molecule has 0 radical (unpaired) electrons. The predicted molar refractivity (Wildman–Crippen MR) is 126 cm³/mol. The van der Waals surface area contributed by atoms with Crippen molar-refractivity contribution in [1.82, 2.24) is 20.6 Å². The number of fused-ring (bicyclic) bond motifs is 1. The van der Waals surface area contributed by atoms with Gasteiger partial charge in [0.15, 0.2) is 5.78 Å². The Labute approximate surface area is 191 Å². The zero-order valence-electron chi connectivity index (χ0n) is 19.1. The van der Waals surface area contributed by atoms with Crippen LogP contribution in [0, 0.1) is 0 Å². The number of rotatable bonds is 8. The Kier molecular flexibility index (Phi) is 6.21. The smallest absolute Gasteiger partial charge is 0.219 e. The van der Waals surface area contributed by atoms with Gasteiger partial charge in [0.25, 0.3) is 0 Å². The van der Waals surface area contributed by atoms with Gasteiger partial charge in [-0.2, -0.15) is 0 Å². The zero-order valence-corrected chi connectivity index (χ0v) is 19.1. The molecule has 33 heavy (non-hydrogen) atoms. The number of benzene rings is 2. The van der Waals surface area contributed by atoms with E-state index in [9.17, 15) is 9.59 Å². The summed E-state index contributed by atoms with van der Waals surface area (Å²) in [6.07, 6.45) is 0.330. The number of para-hydroxylation sites is 2. The lowest BCUT2D eigenvalue weighted by Gasteiger charge is -2.29. The van der Waals surface area contributed by atoms with Crippen LogP contribution in [0.25, 0.3) is 16.6 Å². The summed E-state index contributed by atoms with van der Waals surface area (Å²) in [5.41, 5.74) is 2.71. The summed E-state index contributed by atoms with van der Waals surface area (Å²) in [4.78, 5) is 35.5. The summed E-state index contributed by atoms with van der Waals surface area (Å²) in [7, 11) is 4.89. The van der Waals surface area contributed by atoms with Crippen molar-refractivity contribution in [2.75, 3.05) is 32.7 Å². The van der Waals surface area contributed by atoms with Gasteiger partial charge in [0.05, 0.1) is 30.9 Å². The Bertz CT molecular complexity index is 1180. The van der Waals surface area contributed by atoms with Crippen LogP contribution in [0.1, 0.15) is 19.2 Å². The third kappa shape index (κ3) is 4.09. The van der Waals surface area contributed by atoms with Crippen molar-refractivity contribution in [3.05, 3.63) is 54.1 Å². The lowest BCUT2D eigenvalue weighted by molar-refractivity contribution is -0.121. The van der Waals surface area contributed by atoms with E-state index in [1.54, 1.807) is 34.3 Å². The number of H-pyrrole nitrogens is 1. The highest BCUT2D eigenvalue weighted by atomic mass is 16.5. The Balaban J connectivity index is 1.86. The lowest BCUT2D eigenvalue weighted by Crippen LogP contribution is -2.45. The lowest BCUT2D eigenvalue weighted by atomic mass is 10.1. The number of aromatic nitrogens is 2. The van der Waals surface area contributed by atoms with Gasteiger partial charge in [-0.3, -0.25) is 9.59 Å². The Hall–Kier alpha value is -4.01. The van der Waals surface area contributed by atoms with Crippen molar-refractivity contribution in [3.8, 4) is 11.5 Å². The molecule has 0 spiro atoms. The van der Waals surface area contributed by atoms with E-state index in [0.717, 1.165) is 11.0 Å². The molecule has 0 bridgehead atoms. The highest BCUT2D eigenvalue weighted by molar-refractivity contribution is 6.28. The van der Waals surface area contributed by atoms with E-state index < -0.39 is 6.04 Å². The van der Waals surface area contributed by atoms with Gasteiger partial charge in [-0.05, 0) is 12.1 Å². The molecule has 1 aromatic heterocycles. The monoisotopic (exact) mass is 449 g/mol. The van der Waals surface area contributed by atoms with Crippen molar-refractivity contribution in [3.63, 3.8) is 0 Å². The van der Waals surface area contributed by atoms with E-state index in [2.05, 4.69) is 20.6 Å². The maximum atomic E-state index is 13.7. The number of methoxy groups -OCH3 is 2. The highest BCUT2D eigenvalue weighted by Gasteiger charge is 2.42. The summed E-state index contributed by atoms with van der Waals surface area (Å²) in [5.74, 6) is 1.92. The number of hydrogen-bond donors (Lipinski definition) is 3. The molecular weight excluding hydrogens is 422 g/mol. The van der Waals surface area contributed by atoms with Gasteiger partial charge < -0.3 is 30.0 Å². The van der Waals surface area contributed by atoms with Gasteiger partial charge >= 0.3 is 0 Å². The fourth-order valence-corrected chi connectivity index (χ4v) is 3.98. The fraction of sp³-hybridized carbons (Fsp3) is 0.292. The number of hydrogen-bond acceptors (Lipinski definition) is 7. The van der Waals surface area contributed by atoms with Gasteiger partial charge in [-0.15, -0.1) is 0 Å². The number of aromatic amines is 1. The number of ether oxygens (including phenoxy) is 2. The fourth-order valence-electron chi connectivity index (χ4n) is 3.98. The minimum Gasteiger partial charge on any atom is -0.497 e. The molecule has 2 heterocycles. The first-order chi connectivity index (χ1) is 16.0. The molecular formula is C24H27N5O4. The third-order valence-electron chi connectivity index (χ3n) is 5.63. The molecule has 1 atom stereocenters. The molecule has 172 valence electrons. The van der Waals surface area contributed by atoms with Crippen LogP contribution < -0.4 is 25.0 Å². The van der Waals surface area contributed by atoms with Crippen LogP contribution in [0.5, 0.6) is 11.5 Å². The van der Waals surface area contributed by atoms with Crippen LogP contribution in [0.2, 0.25) is 0 Å². The van der Waals surface area contributed by atoms with Crippen LogP contribution >= 0.6 is 0 Å². The molecule has 1 unspecified atom stereocenters. The topological polar surface area (TPSA) is 109 Å². The third-order valence-corrected chi connectivity index (χ3v) is 5.63. The summed E-state index contributed by atoms with van der Waals surface area (Å²) in [5, 5.41) is 6.03. The normalized spacial score (nSPS) is 15.8. The summed E-state index contributed by atoms with van der Waals surface area (Å²) < 4.78 is 10.9. The van der Waals surface area contributed by atoms with E-state index in [1.165, 1.54) is 0 Å². The Morgan fingerprint density at radius 1 is 1.15 bits per heavy atom. The first-order valence-corrected chi connectivity index (χ1v) is 10.7.